The van der Waals surface area contributed by atoms with Gasteiger partial charge in [0.25, 0.3) is 0 Å². The average Bonchev–Trinajstić information content (AvgIpc) is 2.60. The van der Waals surface area contributed by atoms with Crippen LogP contribution in [0.2, 0.25) is 0 Å². The highest BCUT2D eigenvalue weighted by atomic mass is 35.5. The fraction of sp³-hybridized carbons (Fsp3) is 1.00. The molecule has 17 heavy (non-hydrogen) atoms. The average molecular weight is 265 g/mol. The van der Waals surface area contributed by atoms with Gasteiger partial charge in [0.2, 0.25) is 0 Å². The second-order valence-corrected chi connectivity index (χ2v) is 5.86. The van der Waals surface area contributed by atoms with E-state index in [1.54, 1.807) is 7.11 Å². The van der Waals surface area contributed by atoms with E-state index in [1.807, 2.05) is 0 Å². The first-order valence-corrected chi connectivity index (χ1v) is 6.48. The number of nitrogens with zero attached hydrogens (tertiary/aromatic N) is 1. The van der Waals surface area contributed by atoms with Crippen LogP contribution in [0.15, 0.2) is 0 Å². The Morgan fingerprint density at radius 3 is 2.59 bits per heavy atom. The van der Waals surface area contributed by atoms with Crippen LogP contribution in [0, 0.1) is 11.3 Å². The van der Waals surface area contributed by atoms with Crippen molar-refractivity contribution in [3.63, 3.8) is 0 Å². The van der Waals surface area contributed by atoms with Crippen LogP contribution in [0.5, 0.6) is 0 Å². The lowest BCUT2D eigenvalue weighted by Crippen LogP contribution is -2.40. The van der Waals surface area contributed by atoms with Gasteiger partial charge < -0.3 is 15.0 Å². The molecule has 1 aliphatic heterocycles. The van der Waals surface area contributed by atoms with Crippen molar-refractivity contribution in [1.29, 1.82) is 0 Å². The summed E-state index contributed by atoms with van der Waals surface area (Å²) < 4.78 is 5.19. The quantitative estimate of drug-likeness (QED) is 0.761. The minimum Gasteiger partial charge on any atom is -0.383 e. The SMILES string of the molecule is COCCN(CC(C)C)CC1(C)CCNC1.Cl. The zero-order chi connectivity index (χ0) is 12.0. The first kappa shape index (κ1) is 17.2. The topological polar surface area (TPSA) is 24.5 Å². The molecule has 1 heterocycles. The van der Waals surface area contributed by atoms with Gasteiger partial charge in [0.15, 0.2) is 0 Å². The van der Waals surface area contributed by atoms with Gasteiger partial charge in [-0.05, 0) is 24.3 Å². The van der Waals surface area contributed by atoms with E-state index >= 15 is 0 Å². The van der Waals surface area contributed by atoms with E-state index in [0.29, 0.717) is 5.41 Å². The largest absolute Gasteiger partial charge is 0.383 e. The summed E-state index contributed by atoms with van der Waals surface area (Å²) in [6.07, 6.45) is 1.30. The predicted molar refractivity (Wildman–Crippen MR) is 76.0 cm³/mol. The summed E-state index contributed by atoms with van der Waals surface area (Å²) in [5.74, 6) is 0.731. The predicted octanol–water partition coefficient (Wildman–Crippen LogP) is 2.01. The Hall–Kier alpha value is 0.170. The van der Waals surface area contributed by atoms with E-state index in [9.17, 15) is 0 Å². The van der Waals surface area contributed by atoms with Crippen LogP contribution in [0.4, 0.5) is 0 Å². The maximum Gasteiger partial charge on any atom is 0.0589 e. The molecule has 0 bridgehead atoms. The number of methoxy groups -OCH3 is 1. The van der Waals surface area contributed by atoms with Gasteiger partial charge in [-0.25, -0.2) is 0 Å². The fourth-order valence-corrected chi connectivity index (χ4v) is 2.52. The van der Waals surface area contributed by atoms with Gasteiger partial charge in [-0.1, -0.05) is 20.8 Å². The van der Waals surface area contributed by atoms with E-state index in [2.05, 4.69) is 31.0 Å². The molecule has 0 aromatic carbocycles. The highest BCUT2D eigenvalue weighted by molar-refractivity contribution is 5.85. The van der Waals surface area contributed by atoms with Gasteiger partial charge in [0, 0.05) is 33.3 Å². The molecule has 1 unspecified atom stereocenters. The molecule has 1 fully saturated rings. The molecule has 4 heteroatoms. The molecular weight excluding hydrogens is 236 g/mol. The maximum absolute atomic E-state index is 5.19. The molecule has 0 saturated carbocycles. The van der Waals surface area contributed by atoms with Gasteiger partial charge in [-0.3, -0.25) is 0 Å². The van der Waals surface area contributed by atoms with Crippen LogP contribution in [0.1, 0.15) is 27.2 Å². The van der Waals surface area contributed by atoms with Crippen molar-refractivity contribution in [2.45, 2.75) is 27.2 Å². The highest BCUT2D eigenvalue weighted by Gasteiger charge is 2.30. The van der Waals surface area contributed by atoms with Crippen molar-refractivity contribution in [1.82, 2.24) is 10.2 Å². The zero-order valence-corrected chi connectivity index (χ0v) is 12.6. The molecule has 1 atom stereocenters. The van der Waals surface area contributed by atoms with Crippen LogP contribution in [-0.4, -0.2) is 51.3 Å². The summed E-state index contributed by atoms with van der Waals surface area (Å²) in [7, 11) is 1.78. The molecule has 1 N–H and O–H groups in total. The van der Waals surface area contributed by atoms with Crippen LogP contribution in [-0.2, 0) is 4.74 Å². The van der Waals surface area contributed by atoms with E-state index in [4.69, 9.17) is 4.74 Å². The fourth-order valence-electron chi connectivity index (χ4n) is 2.52. The van der Waals surface area contributed by atoms with E-state index in [-0.39, 0.29) is 12.4 Å². The van der Waals surface area contributed by atoms with E-state index in [0.717, 1.165) is 25.6 Å². The molecule has 1 saturated heterocycles. The van der Waals surface area contributed by atoms with E-state index in [1.165, 1.54) is 26.1 Å². The first-order valence-electron chi connectivity index (χ1n) is 6.48. The molecule has 0 amide bonds. The lowest BCUT2D eigenvalue weighted by molar-refractivity contribution is 0.109. The van der Waals surface area contributed by atoms with Crippen molar-refractivity contribution in [3.05, 3.63) is 0 Å². The van der Waals surface area contributed by atoms with Gasteiger partial charge in [-0.2, -0.15) is 0 Å². The monoisotopic (exact) mass is 264 g/mol. The number of hydrogen-bond donors (Lipinski definition) is 1. The number of halogens is 1. The second-order valence-electron chi connectivity index (χ2n) is 5.86. The third-order valence-corrected chi connectivity index (χ3v) is 3.30. The van der Waals surface area contributed by atoms with Crippen LogP contribution in [0.3, 0.4) is 0 Å². The number of rotatable bonds is 7. The summed E-state index contributed by atoms with van der Waals surface area (Å²) in [5.41, 5.74) is 0.461. The smallest absolute Gasteiger partial charge is 0.0589 e. The normalized spacial score (nSPS) is 24.4. The molecule has 104 valence electrons. The van der Waals surface area contributed by atoms with Gasteiger partial charge in [0.1, 0.15) is 0 Å². The summed E-state index contributed by atoms with van der Waals surface area (Å²) in [4.78, 5) is 2.56. The van der Waals surface area contributed by atoms with Crippen LogP contribution >= 0.6 is 12.4 Å². The van der Waals surface area contributed by atoms with Crippen molar-refractivity contribution in [2.24, 2.45) is 11.3 Å². The van der Waals surface area contributed by atoms with Crippen molar-refractivity contribution < 1.29 is 4.74 Å². The van der Waals surface area contributed by atoms with Crippen molar-refractivity contribution in [2.75, 3.05) is 46.4 Å². The first-order chi connectivity index (χ1) is 7.56. The molecule has 0 spiro atoms. The minimum atomic E-state index is 0. The zero-order valence-electron chi connectivity index (χ0n) is 11.8. The Bertz CT molecular complexity index is 194. The van der Waals surface area contributed by atoms with Gasteiger partial charge >= 0.3 is 0 Å². The Labute approximate surface area is 113 Å². The summed E-state index contributed by atoms with van der Waals surface area (Å²) in [6.45, 7) is 13.6. The molecule has 1 rings (SSSR count). The van der Waals surface area contributed by atoms with Crippen LogP contribution in [0.25, 0.3) is 0 Å². The van der Waals surface area contributed by atoms with Crippen molar-refractivity contribution >= 4 is 12.4 Å². The maximum atomic E-state index is 5.19. The Morgan fingerprint density at radius 1 is 1.41 bits per heavy atom. The van der Waals surface area contributed by atoms with Gasteiger partial charge in [0.05, 0.1) is 6.61 Å². The highest BCUT2D eigenvalue weighted by Crippen LogP contribution is 2.25. The molecule has 1 aliphatic rings. The number of ether oxygens (including phenoxy) is 1. The summed E-state index contributed by atoms with van der Waals surface area (Å²) in [5, 5.41) is 3.47. The standard InChI is InChI=1S/C13H28N2O.ClH/c1-12(2)9-15(7-8-16-4)11-13(3)5-6-14-10-13;/h12,14H,5-11H2,1-4H3;1H. The molecule has 0 aromatic rings. The van der Waals surface area contributed by atoms with Crippen molar-refractivity contribution in [3.8, 4) is 0 Å². The Balaban J connectivity index is 0.00000256. The summed E-state index contributed by atoms with van der Waals surface area (Å²) in [6, 6.07) is 0. The molecule has 0 aliphatic carbocycles. The van der Waals surface area contributed by atoms with E-state index < -0.39 is 0 Å². The Morgan fingerprint density at radius 2 is 2.12 bits per heavy atom. The lowest BCUT2D eigenvalue weighted by atomic mass is 9.89. The number of nitrogens with one attached hydrogen (secondary N) is 1. The van der Waals surface area contributed by atoms with Crippen LogP contribution < -0.4 is 5.32 Å². The third kappa shape index (κ3) is 6.61. The number of hydrogen-bond acceptors (Lipinski definition) is 3. The molecule has 0 radical (unpaired) electrons. The van der Waals surface area contributed by atoms with Gasteiger partial charge in [-0.15, -0.1) is 12.4 Å². The third-order valence-electron chi connectivity index (χ3n) is 3.30. The molecule has 0 aromatic heterocycles. The summed E-state index contributed by atoms with van der Waals surface area (Å²) >= 11 is 0. The second kappa shape index (κ2) is 8.30. The Kier molecular flexibility index (Phi) is 8.39. The molecule has 3 nitrogen and oxygen atoms in total. The minimum absolute atomic E-state index is 0. The lowest BCUT2D eigenvalue weighted by Gasteiger charge is -2.32. The molecular formula is C13H29ClN2O.